The van der Waals surface area contributed by atoms with Crippen molar-refractivity contribution in [2.24, 2.45) is 0 Å². The van der Waals surface area contributed by atoms with Gasteiger partial charge < -0.3 is 15.2 Å². The SMILES string of the molecule is CCOc1cc(CNc2c(C)cccc2F)ccc1O. The Kier molecular flexibility index (Phi) is 4.45. The average molecular weight is 275 g/mol. The molecule has 0 unspecified atom stereocenters. The lowest BCUT2D eigenvalue weighted by Crippen LogP contribution is -2.03. The molecular weight excluding hydrogens is 257 g/mol. The summed E-state index contributed by atoms with van der Waals surface area (Å²) in [7, 11) is 0. The van der Waals surface area contributed by atoms with Crippen LogP contribution < -0.4 is 10.1 Å². The van der Waals surface area contributed by atoms with E-state index < -0.39 is 0 Å². The summed E-state index contributed by atoms with van der Waals surface area (Å²) in [4.78, 5) is 0. The van der Waals surface area contributed by atoms with Gasteiger partial charge in [0.15, 0.2) is 11.5 Å². The highest BCUT2D eigenvalue weighted by Crippen LogP contribution is 2.27. The number of phenolic OH excluding ortho intramolecular Hbond substituents is 1. The highest BCUT2D eigenvalue weighted by molar-refractivity contribution is 5.52. The van der Waals surface area contributed by atoms with E-state index in [0.29, 0.717) is 24.6 Å². The maximum absolute atomic E-state index is 13.7. The van der Waals surface area contributed by atoms with E-state index in [-0.39, 0.29) is 11.6 Å². The van der Waals surface area contributed by atoms with Crippen LogP contribution in [0.25, 0.3) is 0 Å². The van der Waals surface area contributed by atoms with Crippen LogP contribution in [-0.2, 0) is 6.54 Å². The number of nitrogens with one attached hydrogen (secondary N) is 1. The standard InChI is InChI=1S/C16H18FNO2/c1-3-20-15-9-12(7-8-14(15)19)10-18-16-11(2)5-4-6-13(16)17/h4-9,18-19H,3,10H2,1-2H3. The maximum Gasteiger partial charge on any atom is 0.161 e. The third kappa shape index (κ3) is 3.20. The highest BCUT2D eigenvalue weighted by Gasteiger charge is 2.07. The number of aryl methyl sites for hydroxylation is 1. The van der Waals surface area contributed by atoms with Crippen molar-refractivity contribution in [2.45, 2.75) is 20.4 Å². The lowest BCUT2D eigenvalue weighted by molar-refractivity contribution is 0.318. The Morgan fingerprint density at radius 1 is 1.25 bits per heavy atom. The highest BCUT2D eigenvalue weighted by atomic mass is 19.1. The first-order chi connectivity index (χ1) is 9.61. The normalized spacial score (nSPS) is 10.3. The molecule has 0 aliphatic carbocycles. The summed E-state index contributed by atoms with van der Waals surface area (Å²) >= 11 is 0. The molecule has 0 saturated carbocycles. The first kappa shape index (κ1) is 14.2. The molecule has 0 amide bonds. The molecule has 0 aliphatic rings. The summed E-state index contributed by atoms with van der Waals surface area (Å²) in [5.41, 5.74) is 2.27. The van der Waals surface area contributed by atoms with Crippen LogP contribution in [-0.4, -0.2) is 11.7 Å². The molecule has 0 radical (unpaired) electrons. The van der Waals surface area contributed by atoms with E-state index >= 15 is 0 Å². The monoisotopic (exact) mass is 275 g/mol. The predicted octanol–water partition coefficient (Wildman–Crippen LogP) is 3.85. The third-order valence-corrected chi connectivity index (χ3v) is 3.02. The molecule has 0 atom stereocenters. The molecule has 0 aliphatic heterocycles. The summed E-state index contributed by atoms with van der Waals surface area (Å²) in [5, 5.41) is 12.7. The second kappa shape index (κ2) is 6.28. The van der Waals surface area contributed by atoms with Crippen molar-refractivity contribution in [3.05, 3.63) is 53.3 Å². The van der Waals surface area contributed by atoms with E-state index in [0.717, 1.165) is 11.1 Å². The Balaban J connectivity index is 2.13. The van der Waals surface area contributed by atoms with Gasteiger partial charge in [-0.1, -0.05) is 18.2 Å². The number of hydrogen-bond acceptors (Lipinski definition) is 3. The van der Waals surface area contributed by atoms with Crippen LogP contribution in [0.15, 0.2) is 36.4 Å². The smallest absolute Gasteiger partial charge is 0.161 e. The Morgan fingerprint density at radius 2 is 2.05 bits per heavy atom. The van der Waals surface area contributed by atoms with Crippen LogP contribution >= 0.6 is 0 Å². The molecule has 0 fully saturated rings. The second-order valence-electron chi connectivity index (χ2n) is 4.52. The fraction of sp³-hybridized carbons (Fsp3) is 0.250. The predicted molar refractivity (Wildman–Crippen MR) is 77.7 cm³/mol. The lowest BCUT2D eigenvalue weighted by Gasteiger charge is -2.12. The zero-order valence-corrected chi connectivity index (χ0v) is 11.6. The molecule has 106 valence electrons. The number of benzene rings is 2. The number of phenols is 1. The van der Waals surface area contributed by atoms with E-state index in [9.17, 15) is 9.50 Å². The fourth-order valence-electron chi connectivity index (χ4n) is 1.99. The van der Waals surface area contributed by atoms with E-state index in [1.807, 2.05) is 19.9 Å². The van der Waals surface area contributed by atoms with E-state index in [1.54, 1.807) is 24.3 Å². The Hall–Kier alpha value is -2.23. The first-order valence-corrected chi connectivity index (χ1v) is 6.55. The zero-order valence-electron chi connectivity index (χ0n) is 11.6. The molecule has 0 heterocycles. The van der Waals surface area contributed by atoms with Crippen molar-refractivity contribution >= 4 is 5.69 Å². The van der Waals surface area contributed by atoms with Crippen molar-refractivity contribution in [1.29, 1.82) is 0 Å². The molecule has 0 bridgehead atoms. The summed E-state index contributed by atoms with van der Waals surface area (Å²) in [6, 6.07) is 10.1. The van der Waals surface area contributed by atoms with Gasteiger partial charge >= 0.3 is 0 Å². The number of para-hydroxylation sites is 1. The summed E-state index contributed by atoms with van der Waals surface area (Å²) in [5.74, 6) is 0.281. The van der Waals surface area contributed by atoms with Crippen molar-refractivity contribution in [3.63, 3.8) is 0 Å². The van der Waals surface area contributed by atoms with Gasteiger partial charge in [-0.05, 0) is 43.2 Å². The summed E-state index contributed by atoms with van der Waals surface area (Å²) < 4.78 is 19.0. The van der Waals surface area contributed by atoms with Gasteiger partial charge in [0.1, 0.15) is 5.82 Å². The van der Waals surface area contributed by atoms with Gasteiger partial charge in [-0.3, -0.25) is 0 Å². The molecule has 0 aromatic heterocycles. The number of ether oxygens (including phenoxy) is 1. The van der Waals surface area contributed by atoms with Crippen LogP contribution in [0.4, 0.5) is 10.1 Å². The van der Waals surface area contributed by atoms with Gasteiger partial charge in [0.05, 0.1) is 12.3 Å². The molecule has 2 aromatic carbocycles. The molecule has 0 spiro atoms. The van der Waals surface area contributed by atoms with Gasteiger partial charge in [0.25, 0.3) is 0 Å². The van der Waals surface area contributed by atoms with Crippen molar-refractivity contribution in [2.75, 3.05) is 11.9 Å². The van der Waals surface area contributed by atoms with Crippen molar-refractivity contribution in [3.8, 4) is 11.5 Å². The second-order valence-corrected chi connectivity index (χ2v) is 4.52. The Bertz CT molecular complexity index is 579. The fourth-order valence-corrected chi connectivity index (χ4v) is 1.99. The average Bonchev–Trinajstić information content (AvgIpc) is 2.42. The molecule has 3 nitrogen and oxygen atoms in total. The minimum atomic E-state index is -0.270. The Labute approximate surface area is 118 Å². The molecule has 20 heavy (non-hydrogen) atoms. The van der Waals surface area contributed by atoms with Gasteiger partial charge in [-0.25, -0.2) is 4.39 Å². The van der Waals surface area contributed by atoms with Crippen LogP contribution in [0, 0.1) is 12.7 Å². The molecular formula is C16H18FNO2. The number of halogens is 1. The summed E-state index contributed by atoms with van der Waals surface area (Å²) in [6.45, 7) is 4.65. The van der Waals surface area contributed by atoms with Crippen LogP contribution in [0.2, 0.25) is 0 Å². The molecule has 2 N–H and O–H groups in total. The van der Waals surface area contributed by atoms with Gasteiger partial charge in [0, 0.05) is 6.54 Å². The largest absolute Gasteiger partial charge is 0.504 e. The molecule has 2 rings (SSSR count). The zero-order chi connectivity index (χ0) is 14.5. The van der Waals surface area contributed by atoms with Gasteiger partial charge in [-0.2, -0.15) is 0 Å². The molecule has 2 aromatic rings. The van der Waals surface area contributed by atoms with E-state index in [2.05, 4.69) is 5.32 Å². The number of rotatable bonds is 5. The van der Waals surface area contributed by atoms with Crippen LogP contribution in [0.1, 0.15) is 18.1 Å². The number of anilines is 1. The minimum Gasteiger partial charge on any atom is -0.504 e. The molecule has 4 heteroatoms. The van der Waals surface area contributed by atoms with Gasteiger partial charge in [-0.15, -0.1) is 0 Å². The topological polar surface area (TPSA) is 41.5 Å². The Morgan fingerprint density at radius 3 is 2.75 bits per heavy atom. The lowest BCUT2D eigenvalue weighted by atomic mass is 10.1. The summed E-state index contributed by atoms with van der Waals surface area (Å²) in [6.07, 6.45) is 0. The van der Waals surface area contributed by atoms with E-state index in [4.69, 9.17) is 4.74 Å². The quantitative estimate of drug-likeness (QED) is 0.871. The van der Waals surface area contributed by atoms with Crippen molar-refractivity contribution in [1.82, 2.24) is 0 Å². The van der Waals surface area contributed by atoms with E-state index in [1.165, 1.54) is 6.07 Å². The number of aromatic hydroxyl groups is 1. The molecule has 0 saturated heterocycles. The third-order valence-electron chi connectivity index (χ3n) is 3.02. The first-order valence-electron chi connectivity index (χ1n) is 6.55. The number of hydrogen-bond donors (Lipinski definition) is 2. The minimum absolute atomic E-state index is 0.109. The van der Waals surface area contributed by atoms with Gasteiger partial charge in [0.2, 0.25) is 0 Å². The van der Waals surface area contributed by atoms with Crippen LogP contribution in [0.5, 0.6) is 11.5 Å². The van der Waals surface area contributed by atoms with Crippen molar-refractivity contribution < 1.29 is 14.2 Å². The van der Waals surface area contributed by atoms with Crippen LogP contribution in [0.3, 0.4) is 0 Å². The maximum atomic E-state index is 13.7.